The van der Waals surface area contributed by atoms with Crippen LogP contribution in [0.3, 0.4) is 0 Å². The van der Waals surface area contributed by atoms with E-state index in [1.165, 1.54) is 12.1 Å². The van der Waals surface area contributed by atoms with Crippen molar-refractivity contribution in [3.05, 3.63) is 83.2 Å². The van der Waals surface area contributed by atoms with Gasteiger partial charge in [-0.05, 0) is 66.4 Å². The summed E-state index contributed by atoms with van der Waals surface area (Å²) in [6.07, 6.45) is 0. The van der Waals surface area contributed by atoms with Crippen molar-refractivity contribution in [3.63, 3.8) is 0 Å². The quantitative estimate of drug-likeness (QED) is 0.520. The molecular weight excluding hydrogens is 327 g/mol. The second kappa shape index (κ2) is 7.58. The van der Waals surface area contributed by atoms with Gasteiger partial charge in [0.25, 0.3) is 0 Å². The monoisotopic (exact) mass is 350 g/mol. The Morgan fingerprint density at radius 3 is 2.38 bits per heavy atom. The molecule has 0 aromatic heterocycles. The molecule has 0 amide bonds. The Morgan fingerprint density at radius 1 is 0.962 bits per heavy atom. The second-order valence-corrected chi connectivity index (χ2v) is 6.51. The molecule has 3 nitrogen and oxygen atoms in total. The molecule has 26 heavy (non-hydrogen) atoms. The largest absolute Gasteiger partial charge is 0.489 e. The Labute approximate surface area is 153 Å². The molecule has 0 unspecified atom stereocenters. The van der Waals surface area contributed by atoms with Gasteiger partial charge in [0.15, 0.2) is 0 Å². The summed E-state index contributed by atoms with van der Waals surface area (Å²) in [5.74, 6) is 6.47. The number of rotatable bonds is 5. The first-order valence-corrected chi connectivity index (χ1v) is 8.51. The number of halogens is 1. The van der Waals surface area contributed by atoms with Gasteiger partial charge in [0, 0.05) is 12.6 Å². The van der Waals surface area contributed by atoms with Gasteiger partial charge in [0.2, 0.25) is 0 Å². The molecule has 0 aliphatic rings. The summed E-state index contributed by atoms with van der Waals surface area (Å²) in [5, 5.41) is 1.60. The van der Waals surface area contributed by atoms with Crippen molar-refractivity contribution >= 4 is 5.69 Å². The van der Waals surface area contributed by atoms with E-state index in [9.17, 15) is 4.39 Å². The van der Waals surface area contributed by atoms with E-state index in [2.05, 4.69) is 6.07 Å². The van der Waals surface area contributed by atoms with E-state index >= 15 is 0 Å². The van der Waals surface area contributed by atoms with Crippen LogP contribution in [0.2, 0.25) is 0 Å². The molecule has 0 fully saturated rings. The number of nitrogens with two attached hydrogens (primary N) is 1. The van der Waals surface area contributed by atoms with Gasteiger partial charge in [-0.3, -0.25) is 0 Å². The first-order chi connectivity index (χ1) is 12.4. The van der Waals surface area contributed by atoms with Crippen LogP contribution in [0.1, 0.15) is 16.7 Å². The maximum absolute atomic E-state index is 13.2. The van der Waals surface area contributed by atoms with Gasteiger partial charge in [-0.1, -0.05) is 30.3 Å². The van der Waals surface area contributed by atoms with Crippen molar-refractivity contribution < 1.29 is 9.13 Å². The summed E-state index contributed by atoms with van der Waals surface area (Å²) in [7, 11) is 1.82. The minimum Gasteiger partial charge on any atom is -0.489 e. The van der Waals surface area contributed by atoms with Crippen molar-refractivity contribution in [2.75, 3.05) is 12.1 Å². The molecule has 3 aromatic rings. The van der Waals surface area contributed by atoms with Crippen LogP contribution >= 0.6 is 0 Å². The lowest BCUT2D eigenvalue weighted by Crippen LogP contribution is -2.26. The van der Waals surface area contributed by atoms with Crippen LogP contribution in [0.25, 0.3) is 11.1 Å². The standard InChI is InChI=1S/C22H23FN2O/c1-15-11-18(17-7-9-19(23)10-8-17)13-20(12-15)26-14-21-16(2)5-4-6-22(21)25(3)24/h4-13H,14,24H2,1-3H3. The fourth-order valence-electron chi connectivity index (χ4n) is 3.00. The molecule has 3 aromatic carbocycles. The molecule has 0 aliphatic carbocycles. The van der Waals surface area contributed by atoms with Crippen LogP contribution in [-0.4, -0.2) is 7.05 Å². The molecule has 0 bridgehead atoms. The molecule has 3 rings (SSSR count). The molecule has 2 N–H and O–H groups in total. The van der Waals surface area contributed by atoms with Crippen LogP contribution in [0.4, 0.5) is 10.1 Å². The Hall–Kier alpha value is -2.85. The van der Waals surface area contributed by atoms with Gasteiger partial charge in [-0.15, -0.1) is 0 Å². The number of aryl methyl sites for hydroxylation is 2. The van der Waals surface area contributed by atoms with E-state index in [0.717, 1.165) is 39.3 Å². The predicted molar refractivity (Wildman–Crippen MR) is 105 cm³/mol. The number of hydrogen-bond acceptors (Lipinski definition) is 3. The summed E-state index contributed by atoms with van der Waals surface area (Å²) in [4.78, 5) is 0. The van der Waals surface area contributed by atoms with Crippen LogP contribution in [0.15, 0.2) is 60.7 Å². The first kappa shape index (κ1) is 18.0. The highest BCUT2D eigenvalue weighted by Crippen LogP contribution is 2.28. The van der Waals surface area contributed by atoms with Crippen molar-refractivity contribution in [1.82, 2.24) is 0 Å². The molecule has 0 heterocycles. The minimum absolute atomic E-state index is 0.240. The number of hydrogen-bond donors (Lipinski definition) is 1. The Balaban J connectivity index is 1.87. The normalized spacial score (nSPS) is 10.7. The average molecular weight is 350 g/mol. The van der Waals surface area contributed by atoms with Crippen LogP contribution in [0, 0.1) is 19.7 Å². The summed E-state index contributed by atoms with van der Waals surface area (Å²) < 4.78 is 19.2. The van der Waals surface area contributed by atoms with Crippen molar-refractivity contribution in [3.8, 4) is 16.9 Å². The SMILES string of the molecule is Cc1cc(OCc2c(C)cccc2N(C)N)cc(-c2ccc(F)cc2)c1. The lowest BCUT2D eigenvalue weighted by Gasteiger charge is -2.19. The predicted octanol–water partition coefficient (Wildman–Crippen LogP) is 5.00. The highest BCUT2D eigenvalue weighted by molar-refractivity contribution is 5.66. The van der Waals surface area contributed by atoms with E-state index in [0.29, 0.717) is 6.61 Å². The zero-order valence-corrected chi connectivity index (χ0v) is 15.3. The van der Waals surface area contributed by atoms with Gasteiger partial charge >= 0.3 is 0 Å². The Morgan fingerprint density at radius 2 is 1.69 bits per heavy atom. The summed E-state index contributed by atoms with van der Waals surface area (Å²) in [5.41, 5.74) is 6.17. The van der Waals surface area contributed by atoms with E-state index < -0.39 is 0 Å². The zero-order valence-electron chi connectivity index (χ0n) is 15.3. The maximum Gasteiger partial charge on any atom is 0.123 e. The number of benzene rings is 3. The molecule has 0 aliphatic heterocycles. The summed E-state index contributed by atoms with van der Waals surface area (Å²) in [6, 6.07) is 18.5. The molecule has 4 heteroatoms. The highest BCUT2D eigenvalue weighted by atomic mass is 19.1. The fraction of sp³-hybridized carbons (Fsp3) is 0.182. The number of ether oxygens (including phenoxy) is 1. The molecule has 0 atom stereocenters. The molecule has 0 radical (unpaired) electrons. The van der Waals surface area contributed by atoms with E-state index in [1.54, 1.807) is 17.1 Å². The summed E-state index contributed by atoms with van der Waals surface area (Å²) >= 11 is 0. The van der Waals surface area contributed by atoms with Crippen molar-refractivity contribution in [1.29, 1.82) is 0 Å². The van der Waals surface area contributed by atoms with Gasteiger partial charge in [-0.2, -0.15) is 0 Å². The molecular formula is C22H23FN2O. The van der Waals surface area contributed by atoms with Crippen molar-refractivity contribution in [2.45, 2.75) is 20.5 Å². The average Bonchev–Trinajstić information content (AvgIpc) is 2.60. The lowest BCUT2D eigenvalue weighted by molar-refractivity contribution is 0.305. The topological polar surface area (TPSA) is 38.5 Å². The maximum atomic E-state index is 13.2. The van der Waals surface area contributed by atoms with Gasteiger partial charge < -0.3 is 9.75 Å². The van der Waals surface area contributed by atoms with Crippen molar-refractivity contribution in [2.24, 2.45) is 5.84 Å². The Kier molecular flexibility index (Phi) is 5.24. The van der Waals surface area contributed by atoms with Gasteiger partial charge in [0.05, 0.1) is 5.69 Å². The Bertz CT molecular complexity index is 905. The smallest absolute Gasteiger partial charge is 0.123 e. The lowest BCUT2D eigenvalue weighted by atomic mass is 10.0. The third-order valence-electron chi connectivity index (χ3n) is 4.38. The van der Waals surface area contributed by atoms with E-state index in [1.807, 2.05) is 51.2 Å². The van der Waals surface area contributed by atoms with E-state index in [-0.39, 0.29) is 5.82 Å². The number of nitrogens with zero attached hydrogens (tertiary/aromatic N) is 1. The number of hydrazine groups is 1. The molecule has 0 saturated heterocycles. The van der Waals surface area contributed by atoms with E-state index in [4.69, 9.17) is 10.6 Å². The summed E-state index contributed by atoms with van der Waals surface area (Å²) in [6.45, 7) is 4.49. The highest BCUT2D eigenvalue weighted by Gasteiger charge is 2.10. The fourth-order valence-corrected chi connectivity index (χ4v) is 3.00. The minimum atomic E-state index is -0.240. The molecule has 0 spiro atoms. The second-order valence-electron chi connectivity index (χ2n) is 6.51. The molecule has 0 saturated carbocycles. The van der Waals surface area contributed by atoms with Crippen LogP contribution in [-0.2, 0) is 6.61 Å². The van der Waals surface area contributed by atoms with Crippen LogP contribution in [0.5, 0.6) is 5.75 Å². The van der Waals surface area contributed by atoms with Gasteiger partial charge in [-0.25, -0.2) is 10.2 Å². The zero-order chi connectivity index (χ0) is 18.7. The van der Waals surface area contributed by atoms with Crippen LogP contribution < -0.4 is 15.6 Å². The third-order valence-corrected chi connectivity index (χ3v) is 4.38. The first-order valence-electron chi connectivity index (χ1n) is 8.51. The van der Waals surface area contributed by atoms with Gasteiger partial charge in [0.1, 0.15) is 18.2 Å². The molecule has 134 valence electrons. The third kappa shape index (κ3) is 4.03. The number of anilines is 1.